The van der Waals surface area contributed by atoms with E-state index in [1.54, 1.807) is 0 Å². The van der Waals surface area contributed by atoms with E-state index in [0.29, 0.717) is 0 Å². The standard InChI is InChI=1S/C5H7Cl2NO2/c1-8(5(7)10)3-4(9)2-6/h2-3H2,1H3. The fourth-order valence-corrected chi connectivity index (χ4v) is 0.513. The summed E-state index contributed by atoms with van der Waals surface area (Å²) in [6, 6.07) is 0. The Bertz CT molecular complexity index is 149. The highest BCUT2D eigenvalue weighted by Crippen LogP contribution is 1.92. The van der Waals surface area contributed by atoms with Crippen LogP contribution in [0.1, 0.15) is 0 Å². The summed E-state index contributed by atoms with van der Waals surface area (Å²) < 4.78 is 0. The minimum absolute atomic E-state index is 0.0220. The Labute approximate surface area is 68.9 Å². The molecule has 0 unspecified atom stereocenters. The Balaban J connectivity index is 3.68. The molecule has 0 fully saturated rings. The van der Waals surface area contributed by atoms with Gasteiger partial charge in [0.25, 0.3) is 0 Å². The predicted molar refractivity (Wildman–Crippen MR) is 39.6 cm³/mol. The molecular weight excluding hydrogens is 177 g/mol. The van der Waals surface area contributed by atoms with Gasteiger partial charge >= 0.3 is 5.37 Å². The Morgan fingerprint density at radius 2 is 2.00 bits per heavy atom. The van der Waals surface area contributed by atoms with Crippen LogP contribution in [0.15, 0.2) is 0 Å². The van der Waals surface area contributed by atoms with Crippen molar-refractivity contribution in [3.8, 4) is 0 Å². The van der Waals surface area contributed by atoms with Crippen molar-refractivity contribution in [3.63, 3.8) is 0 Å². The van der Waals surface area contributed by atoms with E-state index in [0.717, 1.165) is 4.90 Å². The molecule has 0 aliphatic rings. The summed E-state index contributed by atoms with van der Waals surface area (Å²) in [5.74, 6) is -0.313. The third-order valence-electron chi connectivity index (χ3n) is 0.863. The molecule has 0 aromatic heterocycles. The Morgan fingerprint density at radius 1 is 1.50 bits per heavy atom. The molecule has 3 nitrogen and oxygen atoms in total. The lowest BCUT2D eigenvalue weighted by Gasteiger charge is -2.09. The first kappa shape index (κ1) is 9.72. The fraction of sp³-hybridized carbons (Fsp3) is 0.600. The summed E-state index contributed by atoms with van der Waals surface area (Å²) in [5, 5.41) is -0.654. The van der Waals surface area contributed by atoms with E-state index in [2.05, 4.69) is 0 Å². The van der Waals surface area contributed by atoms with E-state index in [1.807, 2.05) is 0 Å². The largest absolute Gasteiger partial charge is 0.325 e. The van der Waals surface area contributed by atoms with E-state index in [-0.39, 0.29) is 18.2 Å². The summed E-state index contributed by atoms with van der Waals surface area (Å²) in [5.41, 5.74) is 0. The summed E-state index contributed by atoms with van der Waals surface area (Å²) >= 11 is 10.2. The van der Waals surface area contributed by atoms with Crippen LogP contribution in [-0.2, 0) is 4.79 Å². The molecule has 0 aromatic rings. The van der Waals surface area contributed by atoms with Crippen molar-refractivity contribution in [2.75, 3.05) is 19.5 Å². The van der Waals surface area contributed by atoms with Crippen LogP contribution in [0.4, 0.5) is 4.79 Å². The number of ketones is 1. The second-order valence-electron chi connectivity index (χ2n) is 1.78. The van der Waals surface area contributed by atoms with Gasteiger partial charge in [-0.2, -0.15) is 0 Å². The number of alkyl halides is 1. The third-order valence-corrected chi connectivity index (χ3v) is 1.45. The number of halogens is 2. The van der Waals surface area contributed by atoms with Gasteiger partial charge in [-0.3, -0.25) is 9.59 Å². The van der Waals surface area contributed by atoms with Gasteiger partial charge in [0.1, 0.15) is 0 Å². The number of amides is 1. The van der Waals surface area contributed by atoms with Crippen LogP contribution in [0.25, 0.3) is 0 Å². The molecule has 0 atom stereocenters. The maximum absolute atomic E-state index is 10.5. The zero-order valence-electron chi connectivity index (χ0n) is 5.43. The van der Waals surface area contributed by atoms with Gasteiger partial charge in [0.05, 0.1) is 12.4 Å². The molecule has 0 saturated carbocycles. The van der Waals surface area contributed by atoms with E-state index in [4.69, 9.17) is 23.2 Å². The first-order valence-electron chi connectivity index (χ1n) is 2.56. The fourth-order valence-electron chi connectivity index (χ4n) is 0.369. The van der Waals surface area contributed by atoms with Crippen LogP contribution >= 0.6 is 23.2 Å². The molecule has 58 valence electrons. The van der Waals surface area contributed by atoms with Crippen molar-refractivity contribution >= 4 is 34.4 Å². The van der Waals surface area contributed by atoms with Crippen molar-refractivity contribution in [2.45, 2.75) is 0 Å². The van der Waals surface area contributed by atoms with Gasteiger partial charge in [-0.05, 0) is 11.6 Å². The van der Waals surface area contributed by atoms with E-state index in [9.17, 15) is 9.59 Å². The number of carbonyl (C=O) groups excluding carboxylic acids is 2. The summed E-state index contributed by atoms with van der Waals surface area (Å²) in [7, 11) is 1.43. The third kappa shape index (κ3) is 3.69. The first-order chi connectivity index (χ1) is 4.57. The van der Waals surface area contributed by atoms with E-state index < -0.39 is 5.37 Å². The molecule has 0 N–H and O–H groups in total. The maximum atomic E-state index is 10.5. The van der Waals surface area contributed by atoms with E-state index in [1.165, 1.54) is 7.05 Å². The molecule has 0 aromatic carbocycles. The highest BCUT2D eigenvalue weighted by Gasteiger charge is 2.08. The van der Waals surface area contributed by atoms with Gasteiger partial charge in [-0.1, -0.05) is 0 Å². The van der Waals surface area contributed by atoms with Crippen LogP contribution in [0.5, 0.6) is 0 Å². The number of likely N-dealkylation sites (N-methyl/N-ethyl adjacent to an activating group) is 1. The van der Waals surface area contributed by atoms with Crippen LogP contribution in [0.3, 0.4) is 0 Å². The Hall–Kier alpha value is -0.280. The summed E-state index contributed by atoms with van der Waals surface area (Å²) in [4.78, 5) is 21.9. The molecule has 0 bridgehead atoms. The Kier molecular flexibility index (Phi) is 4.40. The molecule has 0 radical (unpaired) electrons. The number of Topliss-reactive ketones (excluding diaryl/α,β-unsaturated/α-hetero) is 1. The second-order valence-corrected chi connectivity index (χ2v) is 2.37. The molecule has 5 heteroatoms. The topological polar surface area (TPSA) is 37.4 Å². The molecule has 1 amide bonds. The highest BCUT2D eigenvalue weighted by molar-refractivity contribution is 6.62. The number of hydrogen-bond donors (Lipinski definition) is 0. The normalized spacial score (nSPS) is 9.10. The lowest BCUT2D eigenvalue weighted by molar-refractivity contribution is -0.117. The van der Waals surface area contributed by atoms with E-state index >= 15 is 0 Å². The molecule has 0 spiro atoms. The smallest absolute Gasteiger partial charge is 0.316 e. The van der Waals surface area contributed by atoms with Crippen LogP contribution < -0.4 is 0 Å². The number of hydrogen-bond acceptors (Lipinski definition) is 2. The van der Waals surface area contributed by atoms with Gasteiger partial charge in [-0.15, -0.1) is 11.6 Å². The zero-order chi connectivity index (χ0) is 8.15. The van der Waals surface area contributed by atoms with Crippen LogP contribution in [0, 0.1) is 0 Å². The van der Waals surface area contributed by atoms with Crippen molar-refractivity contribution in [1.82, 2.24) is 4.90 Å². The molecule has 0 saturated heterocycles. The minimum Gasteiger partial charge on any atom is -0.325 e. The van der Waals surface area contributed by atoms with Crippen LogP contribution in [0.2, 0.25) is 0 Å². The van der Waals surface area contributed by atoms with Crippen molar-refractivity contribution in [3.05, 3.63) is 0 Å². The summed E-state index contributed by atoms with van der Waals surface area (Å²) in [6.45, 7) is -0.0220. The van der Waals surface area contributed by atoms with Crippen molar-refractivity contribution in [1.29, 1.82) is 0 Å². The van der Waals surface area contributed by atoms with Crippen molar-refractivity contribution < 1.29 is 9.59 Å². The van der Waals surface area contributed by atoms with Gasteiger partial charge in [0, 0.05) is 7.05 Å². The average Bonchev–Trinajstić information content (AvgIpc) is 1.87. The predicted octanol–water partition coefficient (Wildman–Crippen LogP) is 1.08. The first-order valence-corrected chi connectivity index (χ1v) is 3.47. The highest BCUT2D eigenvalue weighted by atomic mass is 35.5. The average molecular weight is 184 g/mol. The number of carbonyl (C=O) groups is 2. The van der Waals surface area contributed by atoms with Gasteiger partial charge in [0.15, 0.2) is 5.78 Å². The zero-order valence-corrected chi connectivity index (χ0v) is 6.95. The second kappa shape index (κ2) is 4.52. The molecule has 0 aliphatic carbocycles. The van der Waals surface area contributed by atoms with Gasteiger partial charge in [-0.25, -0.2) is 0 Å². The van der Waals surface area contributed by atoms with Gasteiger partial charge in [0.2, 0.25) is 0 Å². The molecule has 0 aliphatic heterocycles. The van der Waals surface area contributed by atoms with Crippen LogP contribution in [-0.4, -0.2) is 35.5 Å². The van der Waals surface area contributed by atoms with Crippen molar-refractivity contribution in [2.24, 2.45) is 0 Å². The molecule has 0 heterocycles. The lowest BCUT2D eigenvalue weighted by atomic mass is 10.4. The minimum atomic E-state index is -0.654. The number of nitrogens with zero attached hydrogens (tertiary/aromatic N) is 1. The molecule has 0 rings (SSSR count). The summed E-state index contributed by atoms with van der Waals surface area (Å²) in [6.07, 6.45) is 0. The van der Waals surface area contributed by atoms with Gasteiger partial charge < -0.3 is 4.90 Å². The Morgan fingerprint density at radius 3 is 2.30 bits per heavy atom. The molecular formula is C5H7Cl2NO2. The quantitative estimate of drug-likeness (QED) is 0.374. The maximum Gasteiger partial charge on any atom is 0.316 e. The molecule has 10 heavy (non-hydrogen) atoms. The SMILES string of the molecule is CN(CC(=O)CCl)C(=O)Cl. The lowest BCUT2D eigenvalue weighted by Crippen LogP contribution is -2.28. The monoisotopic (exact) mass is 183 g/mol. The number of rotatable bonds is 3.